The number of nitro groups is 1. The van der Waals surface area contributed by atoms with Crippen molar-refractivity contribution >= 4 is 21.4 Å². The molecular formula is C14H21N3O4S. The van der Waals surface area contributed by atoms with Crippen LogP contribution in [0.15, 0.2) is 23.1 Å². The first-order valence-corrected chi connectivity index (χ1v) is 8.90. The minimum Gasteiger partial charge on any atom is -0.377 e. The highest BCUT2D eigenvalue weighted by Gasteiger charge is 2.22. The zero-order valence-corrected chi connectivity index (χ0v) is 13.3. The zero-order valence-electron chi connectivity index (χ0n) is 12.5. The third-order valence-corrected chi connectivity index (χ3v) is 5.02. The maximum Gasteiger partial charge on any atom is 0.293 e. The Hall–Kier alpha value is -1.67. The van der Waals surface area contributed by atoms with Gasteiger partial charge in [-0.05, 0) is 37.3 Å². The van der Waals surface area contributed by atoms with Crippen LogP contribution in [0.1, 0.15) is 39.0 Å². The van der Waals surface area contributed by atoms with Crippen LogP contribution in [0.4, 0.5) is 11.4 Å². The first-order chi connectivity index (χ1) is 10.3. The number of benzene rings is 1. The summed E-state index contributed by atoms with van der Waals surface area (Å²) in [6.07, 6.45) is 5.25. The van der Waals surface area contributed by atoms with Gasteiger partial charge in [0, 0.05) is 12.1 Å². The van der Waals surface area contributed by atoms with E-state index in [1.807, 2.05) is 0 Å². The Labute approximate surface area is 130 Å². The van der Waals surface area contributed by atoms with Crippen molar-refractivity contribution in [1.82, 2.24) is 0 Å². The SMILES string of the molecule is CC1CCCC(Nc2ccc(S(N)(=O)=O)cc2[N+](=O)[O-])CC1. The van der Waals surface area contributed by atoms with Gasteiger partial charge in [-0.2, -0.15) is 0 Å². The molecule has 1 aliphatic rings. The lowest BCUT2D eigenvalue weighted by atomic mass is 10.0. The van der Waals surface area contributed by atoms with E-state index in [0.29, 0.717) is 11.6 Å². The number of nitrogens with two attached hydrogens (primary N) is 1. The van der Waals surface area contributed by atoms with E-state index < -0.39 is 14.9 Å². The molecule has 2 rings (SSSR count). The van der Waals surface area contributed by atoms with Gasteiger partial charge in [-0.3, -0.25) is 10.1 Å². The van der Waals surface area contributed by atoms with E-state index in [4.69, 9.17) is 5.14 Å². The monoisotopic (exact) mass is 327 g/mol. The van der Waals surface area contributed by atoms with Crippen LogP contribution in [0, 0.1) is 16.0 Å². The van der Waals surface area contributed by atoms with Crippen molar-refractivity contribution in [3.05, 3.63) is 28.3 Å². The van der Waals surface area contributed by atoms with E-state index in [2.05, 4.69) is 12.2 Å². The Morgan fingerprint density at radius 1 is 1.27 bits per heavy atom. The van der Waals surface area contributed by atoms with Crippen LogP contribution in [0.25, 0.3) is 0 Å². The summed E-state index contributed by atoms with van der Waals surface area (Å²) < 4.78 is 22.7. The molecule has 2 atom stereocenters. The van der Waals surface area contributed by atoms with Crippen molar-refractivity contribution in [2.45, 2.75) is 50.0 Å². The lowest BCUT2D eigenvalue weighted by molar-refractivity contribution is -0.384. The van der Waals surface area contributed by atoms with Gasteiger partial charge < -0.3 is 5.32 Å². The standard InChI is InChI=1S/C14H21N3O4S/c1-10-3-2-4-11(6-5-10)16-13-8-7-12(22(15,20)21)9-14(13)17(18)19/h7-11,16H,2-6H2,1H3,(H2,15,20,21). The summed E-state index contributed by atoms with van der Waals surface area (Å²) in [6.45, 7) is 2.21. The third kappa shape index (κ3) is 4.17. The molecule has 22 heavy (non-hydrogen) atoms. The Morgan fingerprint density at radius 2 is 2.00 bits per heavy atom. The maximum atomic E-state index is 11.3. The minimum atomic E-state index is -3.95. The van der Waals surface area contributed by atoms with E-state index in [9.17, 15) is 18.5 Å². The summed E-state index contributed by atoms with van der Waals surface area (Å²) in [4.78, 5) is 10.4. The van der Waals surface area contributed by atoms with E-state index in [1.54, 1.807) is 0 Å². The number of nitro benzene ring substituents is 1. The Balaban J connectivity index is 2.25. The zero-order chi connectivity index (χ0) is 16.3. The number of hydrogen-bond acceptors (Lipinski definition) is 5. The molecule has 0 bridgehead atoms. The molecule has 0 spiro atoms. The molecule has 1 fully saturated rings. The Kier molecular flexibility index (Phi) is 5.02. The lowest BCUT2D eigenvalue weighted by Gasteiger charge is -2.18. The average Bonchev–Trinajstić information content (AvgIpc) is 2.62. The van der Waals surface area contributed by atoms with Gasteiger partial charge >= 0.3 is 0 Å². The summed E-state index contributed by atoms with van der Waals surface area (Å²) in [5.74, 6) is 0.673. The van der Waals surface area contributed by atoms with Gasteiger partial charge in [-0.25, -0.2) is 13.6 Å². The number of nitrogens with one attached hydrogen (secondary N) is 1. The predicted octanol–water partition coefficient (Wildman–Crippen LogP) is 2.62. The normalized spacial score (nSPS) is 22.8. The van der Waals surface area contributed by atoms with Crippen molar-refractivity contribution in [3.8, 4) is 0 Å². The summed E-state index contributed by atoms with van der Waals surface area (Å²) in [6, 6.07) is 3.90. The second-order valence-electron chi connectivity index (χ2n) is 5.94. The predicted molar refractivity (Wildman–Crippen MR) is 84.1 cm³/mol. The molecule has 2 unspecified atom stereocenters. The summed E-state index contributed by atoms with van der Waals surface area (Å²) in [7, 11) is -3.95. The Bertz CT molecular complexity index is 660. The largest absolute Gasteiger partial charge is 0.377 e. The van der Waals surface area contributed by atoms with E-state index >= 15 is 0 Å². The molecule has 0 amide bonds. The van der Waals surface area contributed by atoms with Crippen molar-refractivity contribution in [2.24, 2.45) is 11.1 Å². The van der Waals surface area contributed by atoms with Crippen LogP contribution in [-0.2, 0) is 10.0 Å². The highest BCUT2D eigenvalue weighted by Crippen LogP contribution is 2.31. The van der Waals surface area contributed by atoms with E-state index in [0.717, 1.165) is 31.7 Å². The van der Waals surface area contributed by atoms with Gasteiger partial charge in [0.15, 0.2) is 0 Å². The van der Waals surface area contributed by atoms with E-state index in [1.165, 1.54) is 18.6 Å². The molecule has 0 saturated heterocycles. The van der Waals surface area contributed by atoms with Crippen molar-refractivity contribution in [2.75, 3.05) is 5.32 Å². The third-order valence-electron chi connectivity index (χ3n) is 4.11. The molecule has 122 valence electrons. The molecule has 0 aromatic heterocycles. The van der Waals surface area contributed by atoms with Crippen molar-refractivity contribution in [1.29, 1.82) is 0 Å². The number of hydrogen-bond donors (Lipinski definition) is 2. The topological polar surface area (TPSA) is 115 Å². The fourth-order valence-electron chi connectivity index (χ4n) is 2.81. The second-order valence-corrected chi connectivity index (χ2v) is 7.50. The number of primary sulfonamides is 1. The fourth-order valence-corrected chi connectivity index (χ4v) is 3.35. The minimum absolute atomic E-state index is 0.170. The van der Waals surface area contributed by atoms with Crippen LogP contribution in [0.5, 0.6) is 0 Å². The van der Waals surface area contributed by atoms with Crippen LogP contribution in [0.3, 0.4) is 0 Å². The lowest BCUT2D eigenvalue weighted by Crippen LogP contribution is -2.19. The van der Waals surface area contributed by atoms with Gasteiger partial charge in [0.25, 0.3) is 5.69 Å². The summed E-state index contributed by atoms with van der Waals surface area (Å²) in [5, 5.41) is 19.4. The molecule has 1 saturated carbocycles. The Morgan fingerprint density at radius 3 is 2.64 bits per heavy atom. The van der Waals surface area contributed by atoms with Gasteiger partial charge in [0.05, 0.1) is 9.82 Å². The molecule has 8 heteroatoms. The highest BCUT2D eigenvalue weighted by atomic mass is 32.2. The summed E-state index contributed by atoms with van der Waals surface area (Å²) in [5.41, 5.74) is 0.0840. The van der Waals surface area contributed by atoms with Crippen LogP contribution in [0.2, 0.25) is 0 Å². The molecular weight excluding hydrogens is 306 g/mol. The average molecular weight is 327 g/mol. The van der Waals surface area contributed by atoms with Gasteiger partial charge in [0.1, 0.15) is 5.69 Å². The van der Waals surface area contributed by atoms with Crippen molar-refractivity contribution < 1.29 is 13.3 Å². The molecule has 3 N–H and O–H groups in total. The number of anilines is 1. The second kappa shape index (κ2) is 6.62. The maximum absolute atomic E-state index is 11.3. The molecule has 1 aromatic carbocycles. The van der Waals surface area contributed by atoms with Gasteiger partial charge in [0.2, 0.25) is 10.0 Å². The van der Waals surface area contributed by atoms with Gasteiger partial charge in [-0.1, -0.05) is 19.8 Å². The summed E-state index contributed by atoms with van der Waals surface area (Å²) >= 11 is 0. The first-order valence-electron chi connectivity index (χ1n) is 7.35. The number of nitrogens with zero attached hydrogens (tertiary/aromatic N) is 1. The number of sulfonamides is 1. The van der Waals surface area contributed by atoms with Crippen LogP contribution >= 0.6 is 0 Å². The quantitative estimate of drug-likeness (QED) is 0.501. The molecule has 0 radical (unpaired) electrons. The molecule has 0 heterocycles. The highest BCUT2D eigenvalue weighted by molar-refractivity contribution is 7.89. The molecule has 0 aliphatic heterocycles. The van der Waals surface area contributed by atoms with Crippen molar-refractivity contribution in [3.63, 3.8) is 0 Å². The van der Waals surface area contributed by atoms with Crippen LogP contribution in [-0.4, -0.2) is 19.4 Å². The fraction of sp³-hybridized carbons (Fsp3) is 0.571. The molecule has 7 nitrogen and oxygen atoms in total. The number of rotatable bonds is 4. The smallest absolute Gasteiger partial charge is 0.293 e. The van der Waals surface area contributed by atoms with Crippen LogP contribution < -0.4 is 10.5 Å². The molecule has 1 aliphatic carbocycles. The van der Waals surface area contributed by atoms with Gasteiger partial charge in [-0.15, -0.1) is 0 Å². The first kappa shape index (κ1) is 16.7. The molecule has 1 aromatic rings. The van der Waals surface area contributed by atoms with E-state index in [-0.39, 0.29) is 16.6 Å².